The van der Waals surface area contributed by atoms with Gasteiger partial charge in [-0.05, 0) is 24.5 Å². The van der Waals surface area contributed by atoms with E-state index in [1.54, 1.807) is 12.1 Å². The first-order chi connectivity index (χ1) is 9.99. The van der Waals surface area contributed by atoms with Gasteiger partial charge in [-0.2, -0.15) is 0 Å². The number of rotatable bonds is 6. The number of hydrogen-bond donors (Lipinski definition) is 2. The Bertz CT molecular complexity index is 552. The van der Waals surface area contributed by atoms with Crippen molar-refractivity contribution in [2.24, 2.45) is 0 Å². The topological polar surface area (TPSA) is 67.4 Å². The smallest absolute Gasteiger partial charge is 0.241 e. The number of hydrogen-bond acceptors (Lipinski definition) is 4. The Morgan fingerprint density at radius 1 is 1.33 bits per heavy atom. The van der Waals surface area contributed by atoms with Crippen LogP contribution in [0, 0.1) is 0 Å². The first kappa shape index (κ1) is 16.4. The molecule has 1 aliphatic rings. The molecular weight excluding hydrogens is 288 g/mol. The van der Waals surface area contributed by atoms with Gasteiger partial charge in [-0.25, -0.2) is 13.1 Å². The van der Waals surface area contributed by atoms with Crippen molar-refractivity contribution < 1.29 is 13.2 Å². The second-order valence-electron chi connectivity index (χ2n) is 5.68. The zero-order valence-electron chi connectivity index (χ0n) is 12.6. The lowest BCUT2D eigenvalue weighted by Crippen LogP contribution is -2.41. The van der Waals surface area contributed by atoms with E-state index >= 15 is 0 Å². The first-order valence-electron chi connectivity index (χ1n) is 7.40. The highest BCUT2D eigenvalue weighted by atomic mass is 32.2. The minimum absolute atomic E-state index is 0.130. The van der Waals surface area contributed by atoms with Crippen LogP contribution >= 0.6 is 0 Å². The molecule has 5 nitrogen and oxygen atoms in total. The Morgan fingerprint density at radius 3 is 2.76 bits per heavy atom. The Kier molecular flexibility index (Phi) is 5.75. The Balaban J connectivity index is 2.14. The van der Waals surface area contributed by atoms with Crippen LogP contribution in [0.1, 0.15) is 32.3 Å². The highest BCUT2D eigenvalue weighted by Crippen LogP contribution is 2.17. The minimum atomic E-state index is -3.51. The van der Waals surface area contributed by atoms with Crippen molar-refractivity contribution in [2.45, 2.75) is 50.2 Å². The molecule has 0 aliphatic carbocycles. The molecule has 2 N–H and O–H groups in total. The molecular formula is C15H24N2O3S. The monoisotopic (exact) mass is 312 g/mol. The third kappa shape index (κ3) is 4.78. The maximum Gasteiger partial charge on any atom is 0.241 e. The summed E-state index contributed by atoms with van der Waals surface area (Å²) in [5.41, 5.74) is 0.787. The SMILES string of the molecule is CC(C)NCc1ccccc1S(=O)(=O)NC1CCCOC1. The molecule has 118 valence electrons. The van der Waals surface area contributed by atoms with Gasteiger partial charge in [-0.3, -0.25) is 0 Å². The molecule has 0 radical (unpaired) electrons. The molecule has 1 aromatic carbocycles. The second-order valence-corrected chi connectivity index (χ2v) is 7.36. The quantitative estimate of drug-likeness (QED) is 0.838. The molecule has 1 saturated heterocycles. The van der Waals surface area contributed by atoms with Crippen LogP contribution in [0.2, 0.25) is 0 Å². The van der Waals surface area contributed by atoms with Crippen LogP contribution in [0.25, 0.3) is 0 Å². The lowest BCUT2D eigenvalue weighted by atomic mass is 10.1. The van der Waals surface area contributed by atoms with Gasteiger partial charge in [0.15, 0.2) is 0 Å². The highest BCUT2D eigenvalue weighted by molar-refractivity contribution is 7.89. The molecule has 0 aromatic heterocycles. The molecule has 1 unspecified atom stereocenters. The van der Waals surface area contributed by atoms with Gasteiger partial charge in [-0.1, -0.05) is 32.0 Å². The van der Waals surface area contributed by atoms with Gasteiger partial charge < -0.3 is 10.1 Å². The van der Waals surface area contributed by atoms with Gasteiger partial charge in [-0.15, -0.1) is 0 Å². The molecule has 0 amide bonds. The lowest BCUT2D eigenvalue weighted by Gasteiger charge is -2.23. The Morgan fingerprint density at radius 2 is 2.10 bits per heavy atom. The number of nitrogens with one attached hydrogen (secondary N) is 2. The summed E-state index contributed by atoms with van der Waals surface area (Å²) in [6.07, 6.45) is 1.72. The molecule has 2 rings (SSSR count). The average molecular weight is 312 g/mol. The predicted molar refractivity (Wildman–Crippen MR) is 82.6 cm³/mol. The van der Waals surface area contributed by atoms with E-state index in [2.05, 4.69) is 10.0 Å². The van der Waals surface area contributed by atoms with Crippen molar-refractivity contribution in [2.75, 3.05) is 13.2 Å². The van der Waals surface area contributed by atoms with Crippen molar-refractivity contribution in [3.8, 4) is 0 Å². The number of sulfonamides is 1. The normalized spacial score (nSPS) is 19.9. The van der Waals surface area contributed by atoms with E-state index in [9.17, 15) is 8.42 Å². The fraction of sp³-hybridized carbons (Fsp3) is 0.600. The summed E-state index contributed by atoms with van der Waals surface area (Å²) in [4.78, 5) is 0.351. The Labute approximate surface area is 127 Å². The van der Waals surface area contributed by atoms with E-state index in [4.69, 9.17) is 4.74 Å². The van der Waals surface area contributed by atoms with E-state index in [0.717, 1.165) is 18.4 Å². The van der Waals surface area contributed by atoms with Crippen molar-refractivity contribution >= 4 is 10.0 Å². The van der Waals surface area contributed by atoms with Crippen LogP contribution < -0.4 is 10.0 Å². The summed E-state index contributed by atoms with van der Waals surface area (Å²) in [6, 6.07) is 7.30. The van der Waals surface area contributed by atoms with E-state index in [-0.39, 0.29) is 6.04 Å². The fourth-order valence-electron chi connectivity index (χ4n) is 2.34. The summed E-state index contributed by atoms with van der Waals surface area (Å²) < 4.78 is 33.2. The largest absolute Gasteiger partial charge is 0.380 e. The first-order valence-corrected chi connectivity index (χ1v) is 8.89. The zero-order chi connectivity index (χ0) is 15.3. The third-order valence-electron chi connectivity index (χ3n) is 3.44. The molecule has 1 aromatic rings. The predicted octanol–water partition coefficient (Wildman–Crippen LogP) is 1.64. The maximum atomic E-state index is 12.6. The molecule has 6 heteroatoms. The minimum Gasteiger partial charge on any atom is -0.380 e. The Hall–Kier alpha value is -0.950. The van der Waals surface area contributed by atoms with Crippen LogP contribution in [0.4, 0.5) is 0 Å². The van der Waals surface area contributed by atoms with Crippen molar-refractivity contribution in [1.82, 2.24) is 10.0 Å². The molecule has 0 bridgehead atoms. The van der Waals surface area contributed by atoms with Crippen LogP contribution in [0.3, 0.4) is 0 Å². The van der Waals surface area contributed by atoms with Crippen molar-refractivity contribution in [3.63, 3.8) is 0 Å². The van der Waals surface area contributed by atoms with Gasteiger partial charge in [0.2, 0.25) is 10.0 Å². The summed E-state index contributed by atoms with van der Waals surface area (Å²) in [5, 5.41) is 3.26. The molecule has 1 atom stereocenters. The van der Waals surface area contributed by atoms with Crippen LogP contribution in [-0.2, 0) is 21.3 Å². The molecule has 1 aliphatic heterocycles. The molecule has 1 fully saturated rings. The van der Waals surface area contributed by atoms with Crippen molar-refractivity contribution in [3.05, 3.63) is 29.8 Å². The summed E-state index contributed by atoms with van der Waals surface area (Å²) >= 11 is 0. The van der Waals surface area contributed by atoms with Crippen LogP contribution in [-0.4, -0.2) is 33.7 Å². The van der Waals surface area contributed by atoms with Crippen molar-refractivity contribution in [1.29, 1.82) is 0 Å². The third-order valence-corrected chi connectivity index (χ3v) is 5.07. The molecule has 21 heavy (non-hydrogen) atoms. The van der Waals surface area contributed by atoms with E-state index in [1.165, 1.54) is 0 Å². The van der Waals surface area contributed by atoms with Gasteiger partial charge in [0.25, 0.3) is 0 Å². The molecule has 0 spiro atoms. The fourth-order valence-corrected chi connectivity index (χ4v) is 3.84. The molecule has 0 saturated carbocycles. The van der Waals surface area contributed by atoms with E-state index < -0.39 is 10.0 Å². The number of benzene rings is 1. The van der Waals surface area contributed by atoms with Gasteiger partial charge in [0, 0.05) is 25.2 Å². The summed E-state index contributed by atoms with van der Waals surface area (Å²) in [5.74, 6) is 0. The maximum absolute atomic E-state index is 12.6. The summed E-state index contributed by atoms with van der Waals surface area (Å²) in [6.45, 7) is 5.78. The van der Waals surface area contributed by atoms with E-state index in [0.29, 0.717) is 30.7 Å². The second kappa shape index (κ2) is 7.35. The van der Waals surface area contributed by atoms with Crippen LogP contribution in [0.15, 0.2) is 29.2 Å². The van der Waals surface area contributed by atoms with Gasteiger partial charge in [0.1, 0.15) is 0 Å². The lowest BCUT2D eigenvalue weighted by molar-refractivity contribution is 0.0774. The standard InChI is InChI=1S/C15H24N2O3S/c1-12(2)16-10-13-6-3-4-8-15(13)21(18,19)17-14-7-5-9-20-11-14/h3-4,6,8,12,14,16-17H,5,7,9-11H2,1-2H3. The van der Waals surface area contributed by atoms with E-state index in [1.807, 2.05) is 26.0 Å². The zero-order valence-corrected chi connectivity index (χ0v) is 13.4. The highest BCUT2D eigenvalue weighted by Gasteiger charge is 2.24. The van der Waals surface area contributed by atoms with Gasteiger partial charge in [0.05, 0.1) is 11.5 Å². The van der Waals surface area contributed by atoms with Gasteiger partial charge >= 0.3 is 0 Å². The number of ether oxygens (including phenoxy) is 1. The van der Waals surface area contributed by atoms with Crippen LogP contribution in [0.5, 0.6) is 0 Å². The average Bonchev–Trinajstić information content (AvgIpc) is 2.46. The summed E-state index contributed by atoms with van der Waals surface area (Å²) in [7, 11) is -3.51. The molecule has 1 heterocycles.